The Morgan fingerprint density at radius 1 is 1.38 bits per heavy atom. The van der Waals surface area contributed by atoms with Gasteiger partial charge >= 0.3 is 12.0 Å². The Morgan fingerprint density at radius 3 is 2.79 bits per heavy atom. The molecule has 128 valence electrons. The van der Waals surface area contributed by atoms with E-state index in [2.05, 4.69) is 15.4 Å². The fourth-order valence-corrected chi connectivity index (χ4v) is 2.22. The molecule has 1 aromatic rings. The lowest BCUT2D eigenvalue weighted by Gasteiger charge is -2.18. The second-order valence-corrected chi connectivity index (χ2v) is 4.91. The van der Waals surface area contributed by atoms with Crippen LogP contribution in [0.15, 0.2) is 30.4 Å². The van der Waals surface area contributed by atoms with Gasteiger partial charge in [0.05, 0.1) is 19.9 Å². The van der Waals surface area contributed by atoms with E-state index < -0.39 is 5.97 Å². The van der Waals surface area contributed by atoms with Crippen LogP contribution in [0, 0.1) is 0 Å². The first-order chi connectivity index (χ1) is 11.6. The van der Waals surface area contributed by atoms with Crippen LogP contribution >= 0.6 is 0 Å². The molecule has 24 heavy (non-hydrogen) atoms. The maximum Gasteiger partial charge on any atom is 0.330 e. The van der Waals surface area contributed by atoms with Crippen LogP contribution < -0.4 is 20.3 Å². The lowest BCUT2D eigenvalue weighted by Crippen LogP contribution is -2.29. The van der Waals surface area contributed by atoms with Gasteiger partial charge in [-0.05, 0) is 18.2 Å². The lowest BCUT2D eigenvalue weighted by atomic mass is 10.1. The van der Waals surface area contributed by atoms with Crippen LogP contribution in [-0.4, -0.2) is 51.8 Å². The third kappa shape index (κ3) is 4.03. The van der Waals surface area contributed by atoms with Gasteiger partial charge in [0.2, 0.25) is 0 Å². The lowest BCUT2D eigenvalue weighted by molar-refractivity contribution is -0.134. The van der Waals surface area contributed by atoms with Gasteiger partial charge in [-0.1, -0.05) is 6.08 Å². The van der Waals surface area contributed by atoms with Gasteiger partial charge in [-0.3, -0.25) is 9.69 Å². The molecular formula is C16H19N3O5. The molecule has 8 nitrogen and oxygen atoms in total. The molecule has 0 unspecified atom stereocenters. The van der Waals surface area contributed by atoms with Crippen LogP contribution in [0.1, 0.15) is 10.4 Å². The number of amides is 3. The van der Waals surface area contributed by atoms with Gasteiger partial charge in [0.15, 0.2) is 0 Å². The highest BCUT2D eigenvalue weighted by atomic mass is 16.5. The number of anilines is 1. The Balaban J connectivity index is 2.10. The van der Waals surface area contributed by atoms with Crippen molar-refractivity contribution in [3.8, 4) is 5.75 Å². The molecule has 1 heterocycles. The molecule has 1 saturated heterocycles. The molecule has 1 fully saturated rings. The molecule has 0 spiro atoms. The standard InChI is InChI=1S/C16H19N3O5/c1-23-13-6-5-11(10-12(13)19-9-8-18-16(19)22)15(21)17-7-3-4-14(20)24-2/h3-6,10H,7-9H2,1-2H3,(H,17,21)(H,18,22)/b4-3+. The minimum absolute atomic E-state index is 0.180. The Bertz CT molecular complexity index is 672. The molecule has 1 aromatic carbocycles. The van der Waals surface area contributed by atoms with Crippen molar-refractivity contribution in [2.75, 3.05) is 38.8 Å². The maximum atomic E-state index is 12.2. The third-order valence-electron chi connectivity index (χ3n) is 3.42. The Labute approximate surface area is 139 Å². The summed E-state index contributed by atoms with van der Waals surface area (Å²) in [6.07, 6.45) is 2.72. The monoisotopic (exact) mass is 333 g/mol. The van der Waals surface area contributed by atoms with Crippen LogP contribution in [0.3, 0.4) is 0 Å². The van der Waals surface area contributed by atoms with Crippen molar-refractivity contribution in [2.24, 2.45) is 0 Å². The molecule has 3 amide bonds. The number of carbonyl (C=O) groups is 3. The second kappa shape index (κ2) is 8.00. The number of urea groups is 1. The summed E-state index contributed by atoms with van der Waals surface area (Å²) in [5.74, 6) is -0.307. The van der Waals surface area contributed by atoms with Crippen molar-refractivity contribution < 1.29 is 23.9 Å². The maximum absolute atomic E-state index is 12.2. The number of rotatable bonds is 6. The van der Waals surface area contributed by atoms with E-state index in [9.17, 15) is 14.4 Å². The van der Waals surface area contributed by atoms with Crippen molar-refractivity contribution in [1.29, 1.82) is 0 Å². The van der Waals surface area contributed by atoms with Gasteiger partial charge in [-0.25, -0.2) is 9.59 Å². The molecule has 2 N–H and O–H groups in total. The number of hydrogen-bond donors (Lipinski definition) is 2. The normalized spacial score (nSPS) is 13.8. The first-order valence-electron chi connectivity index (χ1n) is 7.33. The summed E-state index contributed by atoms with van der Waals surface area (Å²) in [4.78, 5) is 36.5. The zero-order valence-electron chi connectivity index (χ0n) is 13.5. The quantitative estimate of drug-likeness (QED) is 0.589. The first kappa shape index (κ1) is 17.3. The summed E-state index contributed by atoms with van der Waals surface area (Å²) in [5.41, 5.74) is 0.919. The zero-order chi connectivity index (χ0) is 17.5. The molecular weight excluding hydrogens is 314 g/mol. The summed E-state index contributed by atoms with van der Waals surface area (Å²) in [7, 11) is 2.78. The molecule has 1 aliphatic rings. The first-order valence-corrected chi connectivity index (χ1v) is 7.33. The predicted molar refractivity (Wildman–Crippen MR) is 87.2 cm³/mol. The fraction of sp³-hybridized carbons (Fsp3) is 0.312. The molecule has 0 bridgehead atoms. The zero-order valence-corrected chi connectivity index (χ0v) is 13.5. The van der Waals surface area contributed by atoms with Crippen LogP contribution in [-0.2, 0) is 9.53 Å². The van der Waals surface area contributed by atoms with E-state index in [4.69, 9.17) is 4.74 Å². The molecule has 0 saturated carbocycles. The smallest absolute Gasteiger partial charge is 0.330 e. The average Bonchev–Trinajstić information content (AvgIpc) is 3.03. The number of methoxy groups -OCH3 is 2. The molecule has 1 aliphatic heterocycles. The summed E-state index contributed by atoms with van der Waals surface area (Å²) in [6, 6.07) is 4.62. The van der Waals surface area contributed by atoms with E-state index in [0.29, 0.717) is 30.1 Å². The van der Waals surface area contributed by atoms with E-state index in [1.54, 1.807) is 18.2 Å². The molecule has 8 heteroatoms. The van der Waals surface area contributed by atoms with Crippen molar-refractivity contribution in [3.05, 3.63) is 35.9 Å². The highest BCUT2D eigenvalue weighted by molar-refractivity contribution is 6.00. The van der Waals surface area contributed by atoms with Gasteiger partial charge < -0.3 is 20.1 Å². The number of nitrogens with one attached hydrogen (secondary N) is 2. The molecule has 2 rings (SSSR count). The Kier molecular flexibility index (Phi) is 5.78. The fourth-order valence-electron chi connectivity index (χ4n) is 2.22. The predicted octanol–water partition coefficient (Wildman–Crippen LogP) is 0.684. The van der Waals surface area contributed by atoms with Crippen LogP contribution in [0.25, 0.3) is 0 Å². The Morgan fingerprint density at radius 2 is 2.17 bits per heavy atom. The van der Waals surface area contributed by atoms with Crippen molar-refractivity contribution in [1.82, 2.24) is 10.6 Å². The molecule has 0 radical (unpaired) electrons. The summed E-state index contributed by atoms with van der Waals surface area (Å²) in [5, 5.41) is 5.36. The van der Waals surface area contributed by atoms with E-state index >= 15 is 0 Å². The average molecular weight is 333 g/mol. The summed E-state index contributed by atoms with van der Waals surface area (Å²) < 4.78 is 9.72. The minimum Gasteiger partial charge on any atom is -0.495 e. The van der Waals surface area contributed by atoms with Gasteiger partial charge in [0.1, 0.15) is 5.75 Å². The van der Waals surface area contributed by atoms with E-state index in [-0.39, 0.29) is 18.5 Å². The van der Waals surface area contributed by atoms with Crippen LogP contribution in [0.5, 0.6) is 5.75 Å². The molecule has 0 atom stereocenters. The highest BCUT2D eigenvalue weighted by Gasteiger charge is 2.25. The topological polar surface area (TPSA) is 97.0 Å². The number of hydrogen-bond acceptors (Lipinski definition) is 5. The highest BCUT2D eigenvalue weighted by Crippen LogP contribution is 2.30. The van der Waals surface area contributed by atoms with Gasteiger partial charge in [0.25, 0.3) is 5.91 Å². The number of nitrogens with zero attached hydrogens (tertiary/aromatic N) is 1. The van der Waals surface area contributed by atoms with Gasteiger partial charge in [-0.2, -0.15) is 0 Å². The number of ether oxygens (including phenoxy) is 2. The number of esters is 1. The van der Waals surface area contributed by atoms with Crippen molar-refractivity contribution >= 4 is 23.6 Å². The largest absolute Gasteiger partial charge is 0.495 e. The summed E-state index contributed by atoms with van der Waals surface area (Å²) in [6.45, 7) is 1.22. The second-order valence-electron chi connectivity index (χ2n) is 4.91. The third-order valence-corrected chi connectivity index (χ3v) is 3.42. The number of carbonyl (C=O) groups excluding carboxylic acids is 3. The molecule has 0 aliphatic carbocycles. The molecule has 0 aromatic heterocycles. The van der Waals surface area contributed by atoms with E-state index in [1.165, 1.54) is 31.3 Å². The van der Waals surface area contributed by atoms with Crippen molar-refractivity contribution in [2.45, 2.75) is 0 Å². The number of benzene rings is 1. The minimum atomic E-state index is -0.490. The van der Waals surface area contributed by atoms with Gasteiger partial charge in [-0.15, -0.1) is 0 Å². The summed E-state index contributed by atoms with van der Waals surface area (Å²) >= 11 is 0. The van der Waals surface area contributed by atoms with Crippen LogP contribution in [0.2, 0.25) is 0 Å². The van der Waals surface area contributed by atoms with Gasteiger partial charge in [0, 0.05) is 31.3 Å². The van der Waals surface area contributed by atoms with E-state index in [1.807, 2.05) is 0 Å². The van der Waals surface area contributed by atoms with E-state index in [0.717, 1.165) is 0 Å². The Hall–Kier alpha value is -3.03. The van der Waals surface area contributed by atoms with Crippen LogP contribution in [0.4, 0.5) is 10.5 Å². The van der Waals surface area contributed by atoms with Crippen molar-refractivity contribution in [3.63, 3.8) is 0 Å². The SMILES string of the molecule is COC(=O)/C=C/CNC(=O)c1ccc(OC)c(N2CCNC2=O)c1.